The number of hydrogen-bond donors (Lipinski definition) is 0. The summed E-state index contributed by atoms with van der Waals surface area (Å²) in [5, 5.41) is 3.65. The molecule has 0 unspecified atom stereocenters. The number of benzene rings is 1. The molecule has 2 aromatic rings. The molecule has 1 aromatic heterocycles. The summed E-state index contributed by atoms with van der Waals surface area (Å²) in [5.74, 6) is -1.99. The Hall–Kier alpha value is -2.90. The van der Waals surface area contributed by atoms with Gasteiger partial charge in [0.15, 0.2) is 5.69 Å². The predicted molar refractivity (Wildman–Crippen MR) is 93.9 cm³/mol. The lowest BCUT2D eigenvalue weighted by Gasteiger charge is -2.19. The first kappa shape index (κ1) is 17.2. The second-order valence-electron chi connectivity index (χ2n) is 7.55. The zero-order chi connectivity index (χ0) is 19.8. The van der Waals surface area contributed by atoms with E-state index in [-0.39, 0.29) is 28.8 Å². The molecule has 144 valence electrons. The fourth-order valence-electron chi connectivity index (χ4n) is 4.95. The first-order chi connectivity index (χ1) is 13.3. The highest BCUT2D eigenvalue weighted by Gasteiger charge is 2.60. The van der Waals surface area contributed by atoms with Crippen LogP contribution in [0.3, 0.4) is 0 Å². The van der Waals surface area contributed by atoms with Crippen LogP contribution in [0.4, 0.5) is 19.0 Å². The quantitative estimate of drug-likeness (QED) is 0.586. The van der Waals surface area contributed by atoms with Gasteiger partial charge in [-0.2, -0.15) is 18.3 Å². The summed E-state index contributed by atoms with van der Waals surface area (Å²) < 4.78 is 42.1. The van der Waals surface area contributed by atoms with E-state index in [1.807, 2.05) is 12.2 Å². The van der Waals surface area contributed by atoms with Crippen molar-refractivity contribution in [2.24, 2.45) is 30.7 Å². The largest absolute Gasteiger partial charge is 0.435 e. The molecule has 1 saturated carbocycles. The van der Waals surface area contributed by atoms with Crippen LogP contribution in [-0.4, -0.2) is 21.6 Å². The topological polar surface area (TPSA) is 55.2 Å². The Labute approximate surface area is 158 Å². The number of alkyl halides is 3. The summed E-state index contributed by atoms with van der Waals surface area (Å²) in [6.07, 6.45) is -0.0686. The van der Waals surface area contributed by atoms with Crippen molar-refractivity contribution in [2.45, 2.75) is 12.6 Å². The van der Waals surface area contributed by atoms with E-state index >= 15 is 0 Å². The molecule has 1 aliphatic heterocycles. The number of rotatable bonds is 2. The molecule has 28 heavy (non-hydrogen) atoms. The highest BCUT2D eigenvalue weighted by molar-refractivity contribution is 6.23. The fraction of sp³-hybridized carbons (Fsp3) is 0.350. The van der Waals surface area contributed by atoms with Crippen molar-refractivity contribution in [3.8, 4) is 11.1 Å². The summed E-state index contributed by atoms with van der Waals surface area (Å²) in [7, 11) is 1.33. The maximum atomic E-state index is 13.7. The number of anilines is 1. The minimum absolute atomic E-state index is 0.0214. The summed E-state index contributed by atoms with van der Waals surface area (Å²) in [4.78, 5) is 27.2. The van der Waals surface area contributed by atoms with Crippen molar-refractivity contribution in [2.75, 3.05) is 4.90 Å². The van der Waals surface area contributed by atoms with Gasteiger partial charge < -0.3 is 0 Å². The molecule has 5 rings (SSSR count). The number of nitrogens with zero attached hydrogens (tertiary/aromatic N) is 3. The van der Waals surface area contributed by atoms with Gasteiger partial charge in [0, 0.05) is 7.05 Å². The SMILES string of the molecule is Cn1nc(C(F)(F)F)c(-c2ccccc2)c1N1C(=O)[C@@H]2[C@@H](C1=O)[C@H]1C=C[C@@H]2C1. The van der Waals surface area contributed by atoms with Gasteiger partial charge in [-0.3, -0.25) is 14.3 Å². The number of allylic oxidation sites excluding steroid dienone is 2. The van der Waals surface area contributed by atoms with Crippen molar-refractivity contribution < 1.29 is 22.8 Å². The lowest BCUT2D eigenvalue weighted by atomic mass is 9.85. The molecule has 3 aliphatic rings. The molecule has 0 spiro atoms. The zero-order valence-corrected chi connectivity index (χ0v) is 14.8. The lowest BCUT2D eigenvalue weighted by Crippen LogP contribution is -2.34. The Morgan fingerprint density at radius 2 is 1.57 bits per heavy atom. The molecule has 2 amide bonds. The summed E-state index contributed by atoms with van der Waals surface area (Å²) in [5.41, 5.74) is -1.08. The van der Waals surface area contributed by atoms with Crippen LogP contribution >= 0.6 is 0 Å². The number of carbonyl (C=O) groups is 2. The molecule has 2 bridgehead atoms. The summed E-state index contributed by atoms with van der Waals surface area (Å²) >= 11 is 0. The molecule has 5 nitrogen and oxygen atoms in total. The molecule has 2 fully saturated rings. The number of aromatic nitrogens is 2. The van der Waals surface area contributed by atoms with Gasteiger partial charge in [-0.05, 0) is 23.8 Å². The minimum atomic E-state index is -4.72. The zero-order valence-electron chi connectivity index (χ0n) is 14.8. The van der Waals surface area contributed by atoms with Gasteiger partial charge in [-0.1, -0.05) is 42.5 Å². The predicted octanol–water partition coefficient (Wildman–Crippen LogP) is 3.42. The lowest BCUT2D eigenvalue weighted by molar-refractivity contribution is -0.141. The number of imide groups is 1. The number of fused-ring (bicyclic) bond motifs is 5. The second-order valence-corrected chi connectivity index (χ2v) is 7.55. The van der Waals surface area contributed by atoms with E-state index in [9.17, 15) is 22.8 Å². The Morgan fingerprint density at radius 1 is 1.00 bits per heavy atom. The molecular weight excluding hydrogens is 371 g/mol. The van der Waals surface area contributed by atoms with E-state index in [0.29, 0.717) is 0 Å². The molecule has 8 heteroatoms. The third kappa shape index (κ3) is 2.17. The second kappa shape index (κ2) is 5.56. The van der Waals surface area contributed by atoms with Crippen molar-refractivity contribution >= 4 is 17.6 Å². The van der Waals surface area contributed by atoms with E-state index in [2.05, 4.69) is 5.10 Å². The van der Waals surface area contributed by atoms with Crippen LogP contribution in [0.2, 0.25) is 0 Å². The Morgan fingerprint density at radius 3 is 2.11 bits per heavy atom. The smallest absolute Gasteiger partial charge is 0.274 e. The normalized spacial score (nSPS) is 28.5. The Balaban J connectivity index is 1.70. The van der Waals surface area contributed by atoms with Crippen LogP contribution in [0.1, 0.15) is 12.1 Å². The number of amides is 2. The van der Waals surface area contributed by atoms with E-state index in [4.69, 9.17) is 0 Å². The van der Waals surface area contributed by atoms with Gasteiger partial charge in [0.1, 0.15) is 5.82 Å². The standard InChI is InChI=1S/C20H16F3N3O2/c1-25-17(15(10-5-3-2-4-6-10)16(24-25)20(21,22)23)26-18(27)13-11-7-8-12(9-11)14(13)19(26)28/h2-8,11-14H,9H2,1H3/t11-,12+,13-,14-/m0/s1. The van der Waals surface area contributed by atoms with Crippen LogP contribution in [0.25, 0.3) is 11.1 Å². The maximum Gasteiger partial charge on any atom is 0.435 e. The highest BCUT2D eigenvalue weighted by Crippen LogP contribution is 2.54. The van der Waals surface area contributed by atoms with Gasteiger partial charge in [0.05, 0.1) is 17.4 Å². The average molecular weight is 387 g/mol. The van der Waals surface area contributed by atoms with Crippen LogP contribution in [0, 0.1) is 23.7 Å². The Bertz CT molecular complexity index is 995. The van der Waals surface area contributed by atoms with E-state index in [1.54, 1.807) is 18.2 Å². The van der Waals surface area contributed by atoms with Crippen molar-refractivity contribution in [1.29, 1.82) is 0 Å². The third-order valence-corrected chi connectivity index (χ3v) is 6.03. The molecule has 4 atom stereocenters. The maximum absolute atomic E-state index is 13.7. The van der Waals surface area contributed by atoms with E-state index in [1.165, 1.54) is 19.2 Å². The summed E-state index contributed by atoms with van der Waals surface area (Å²) in [6, 6.07) is 7.95. The van der Waals surface area contributed by atoms with Gasteiger partial charge in [-0.15, -0.1) is 0 Å². The molecule has 1 aromatic carbocycles. The first-order valence-electron chi connectivity index (χ1n) is 9.04. The molecular formula is C20H16F3N3O2. The van der Waals surface area contributed by atoms with Crippen LogP contribution in [0.5, 0.6) is 0 Å². The number of hydrogen-bond acceptors (Lipinski definition) is 3. The molecule has 0 N–H and O–H groups in total. The first-order valence-corrected chi connectivity index (χ1v) is 9.04. The van der Waals surface area contributed by atoms with E-state index in [0.717, 1.165) is 16.0 Å². The monoisotopic (exact) mass is 387 g/mol. The van der Waals surface area contributed by atoms with Gasteiger partial charge in [0.2, 0.25) is 11.8 Å². The Kier molecular flexibility index (Phi) is 3.42. The van der Waals surface area contributed by atoms with Crippen LogP contribution < -0.4 is 4.90 Å². The highest BCUT2D eigenvalue weighted by atomic mass is 19.4. The summed E-state index contributed by atoms with van der Waals surface area (Å²) in [6.45, 7) is 0. The number of halogens is 3. The number of aryl methyl sites for hydroxylation is 1. The third-order valence-electron chi connectivity index (χ3n) is 6.03. The van der Waals surface area contributed by atoms with Gasteiger partial charge >= 0.3 is 6.18 Å². The molecule has 2 aliphatic carbocycles. The van der Waals surface area contributed by atoms with Crippen molar-refractivity contribution in [1.82, 2.24) is 9.78 Å². The van der Waals surface area contributed by atoms with Crippen molar-refractivity contribution in [3.05, 3.63) is 48.2 Å². The van der Waals surface area contributed by atoms with Crippen molar-refractivity contribution in [3.63, 3.8) is 0 Å². The molecule has 2 heterocycles. The van der Waals surface area contributed by atoms with Gasteiger partial charge in [0.25, 0.3) is 0 Å². The van der Waals surface area contributed by atoms with Gasteiger partial charge in [-0.25, -0.2) is 4.90 Å². The van der Waals surface area contributed by atoms with E-state index < -0.39 is 35.5 Å². The number of carbonyl (C=O) groups excluding carboxylic acids is 2. The fourth-order valence-corrected chi connectivity index (χ4v) is 4.95. The van der Waals surface area contributed by atoms with Crippen LogP contribution in [-0.2, 0) is 22.8 Å². The molecule has 0 radical (unpaired) electrons. The molecule has 1 saturated heterocycles. The van der Waals surface area contributed by atoms with Crippen LogP contribution in [0.15, 0.2) is 42.5 Å². The average Bonchev–Trinajstić information content (AvgIpc) is 3.39. The minimum Gasteiger partial charge on any atom is -0.274 e.